The Bertz CT molecular complexity index is 560. The van der Waals surface area contributed by atoms with Crippen LogP contribution in [0.1, 0.15) is 32.3 Å². The zero-order valence-electron chi connectivity index (χ0n) is 11.6. The van der Waals surface area contributed by atoms with Crippen LogP contribution in [-0.2, 0) is 10.0 Å². The van der Waals surface area contributed by atoms with Gasteiger partial charge in [-0.2, -0.15) is 5.26 Å². The third-order valence-corrected chi connectivity index (χ3v) is 4.73. The number of benzene rings is 1. The average molecular weight is 318 g/mol. The molecule has 0 amide bonds. The van der Waals surface area contributed by atoms with Crippen molar-refractivity contribution >= 4 is 22.4 Å². The number of nitrogens with one attached hydrogen (secondary N) is 1. The minimum atomic E-state index is -3.58. The monoisotopic (exact) mass is 317 g/mol. The van der Waals surface area contributed by atoms with Crippen LogP contribution < -0.4 is 10.5 Å². The molecule has 0 radical (unpaired) electrons. The van der Waals surface area contributed by atoms with E-state index >= 15 is 0 Å². The standard InChI is InChI=1S/C13H19N3O2S.ClH/c1-3-13(15,4-2)10-16-19(17,18)12-7-5-11(9-14)6-8-12;/h5-8,16H,3-4,10,15H2,1-2H3;1H. The Morgan fingerprint density at radius 2 is 1.75 bits per heavy atom. The summed E-state index contributed by atoms with van der Waals surface area (Å²) in [6.07, 6.45) is 1.39. The molecule has 0 unspecified atom stereocenters. The molecule has 0 aliphatic rings. The molecule has 0 fully saturated rings. The van der Waals surface area contributed by atoms with Gasteiger partial charge in [-0.1, -0.05) is 13.8 Å². The van der Waals surface area contributed by atoms with Crippen LogP contribution >= 0.6 is 12.4 Å². The first-order valence-corrected chi connectivity index (χ1v) is 7.64. The molecular formula is C13H20ClN3O2S. The molecule has 20 heavy (non-hydrogen) atoms. The molecule has 1 rings (SSSR count). The van der Waals surface area contributed by atoms with E-state index in [2.05, 4.69) is 4.72 Å². The molecule has 5 nitrogen and oxygen atoms in total. The van der Waals surface area contributed by atoms with Crippen molar-refractivity contribution in [2.24, 2.45) is 5.73 Å². The van der Waals surface area contributed by atoms with Crippen LogP contribution in [0.25, 0.3) is 0 Å². The van der Waals surface area contributed by atoms with Gasteiger partial charge in [-0.05, 0) is 37.1 Å². The first-order chi connectivity index (χ1) is 8.87. The second-order valence-corrected chi connectivity index (χ2v) is 6.30. The summed E-state index contributed by atoms with van der Waals surface area (Å²) in [4.78, 5) is 0.140. The lowest BCUT2D eigenvalue weighted by Crippen LogP contribution is -2.49. The fourth-order valence-corrected chi connectivity index (χ4v) is 2.67. The molecule has 0 bridgehead atoms. The Morgan fingerprint density at radius 3 is 2.15 bits per heavy atom. The molecule has 0 aliphatic heterocycles. The molecule has 0 atom stereocenters. The number of sulfonamides is 1. The summed E-state index contributed by atoms with van der Waals surface area (Å²) in [5, 5.41) is 8.67. The van der Waals surface area contributed by atoms with Crippen LogP contribution in [0.2, 0.25) is 0 Å². The van der Waals surface area contributed by atoms with Gasteiger partial charge in [-0.25, -0.2) is 13.1 Å². The third kappa shape index (κ3) is 4.76. The smallest absolute Gasteiger partial charge is 0.240 e. The van der Waals surface area contributed by atoms with Crippen LogP contribution in [0.5, 0.6) is 0 Å². The summed E-state index contributed by atoms with van der Waals surface area (Å²) in [7, 11) is -3.58. The van der Waals surface area contributed by atoms with Crippen molar-refractivity contribution < 1.29 is 8.42 Å². The van der Waals surface area contributed by atoms with Crippen LogP contribution in [0.3, 0.4) is 0 Å². The second-order valence-electron chi connectivity index (χ2n) is 4.53. The lowest BCUT2D eigenvalue weighted by Gasteiger charge is -2.26. The summed E-state index contributed by atoms with van der Waals surface area (Å²) in [5.41, 5.74) is 5.95. The fourth-order valence-electron chi connectivity index (χ4n) is 1.53. The number of nitrogens with two attached hydrogens (primary N) is 1. The molecule has 3 N–H and O–H groups in total. The Kier molecular flexibility index (Phi) is 7.17. The minimum absolute atomic E-state index is 0. The van der Waals surface area contributed by atoms with Gasteiger partial charge in [0.15, 0.2) is 0 Å². The van der Waals surface area contributed by atoms with Crippen molar-refractivity contribution in [1.82, 2.24) is 4.72 Å². The Balaban J connectivity index is 0.00000361. The van der Waals surface area contributed by atoms with E-state index in [0.29, 0.717) is 18.4 Å². The molecule has 0 saturated carbocycles. The summed E-state index contributed by atoms with van der Waals surface area (Å²) in [6, 6.07) is 7.72. The number of nitrogens with zero attached hydrogens (tertiary/aromatic N) is 1. The predicted octanol–water partition coefficient (Wildman–Crippen LogP) is 1.78. The molecule has 0 aromatic heterocycles. The summed E-state index contributed by atoms with van der Waals surface area (Å²) < 4.78 is 26.6. The average Bonchev–Trinajstić information content (AvgIpc) is 2.45. The normalized spacial score (nSPS) is 11.5. The van der Waals surface area contributed by atoms with Crippen molar-refractivity contribution in [3.05, 3.63) is 29.8 Å². The van der Waals surface area contributed by atoms with Gasteiger partial charge < -0.3 is 5.73 Å². The zero-order valence-corrected chi connectivity index (χ0v) is 13.2. The quantitative estimate of drug-likeness (QED) is 0.835. The van der Waals surface area contributed by atoms with E-state index < -0.39 is 15.6 Å². The van der Waals surface area contributed by atoms with E-state index in [1.165, 1.54) is 24.3 Å². The highest BCUT2D eigenvalue weighted by molar-refractivity contribution is 7.89. The van der Waals surface area contributed by atoms with Crippen molar-refractivity contribution in [3.8, 4) is 6.07 Å². The first-order valence-electron chi connectivity index (χ1n) is 6.15. The summed E-state index contributed by atoms with van der Waals surface area (Å²) in [6.45, 7) is 4.06. The minimum Gasteiger partial charge on any atom is -0.324 e. The van der Waals surface area contributed by atoms with Crippen molar-refractivity contribution in [3.63, 3.8) is 0 Å². The summed E-state index contributed by atoms with van der Waals surface area (Å²) in [5.74, 6) is 0. The molecule has 7 heteroatoms. The highest BCUT2D eigenvalue weighted by Gasteiger charge is 2.23. The van der Waals surface area contributed by atoms with Crippen LogP contribution in [0.15, 0.2) is 29.2 Å². The van der Waals surface area contributed by atoms with Gasteiger partial charge in [-0.15, -0.1) is 12.4 Å². The topological polar surface area (TPSA) is 96.0 Å². The summed E-state index contributed by atoms with van der Waals surface area (Å²) >= 11 is 0. The molecule has 0 aliphatic carbocycles. The number of hydrogen-bond acceptors (Lipinski definition) is 4. The van der Waals surface area contributed by atoms with Gasteiger partial charge in [0.1, 0.15) is 0 Å². The van der Waals surface area contributed by atoms with Crippen molar-refractivity contribution in [2.75, 3.05) is 6.54 Å². The largest absolute Gasteiger partial charge is 0.324 e. The number of nitriles is 1. The maximum absolute atomic E-state index is 12.1. The molecular weight excluding hydrogens is 298 g/mol. The highest BCUT2D eigenvalue weighted by Crippen LogP contribution is 2.13. The molecule has 0 saturated heterocycles. The SMILES string of the molecule is CCC(N)(CC)CNS(=O)(=O)c1ccc(C#N)cc1.Cl. The Morgan fingerprint density at radius 1 is 1.25 bits per heavy atom. The second kappa shape index (κ2) is 7.60. The van der Waals surface area contributed by atoms with E-state index in [1.807, 2.05) is 19.9 Å². The maximum Gasteiger partial charge on any atom is 0.240 e. The Labute approximate surface area is 126 Å². The third-order valence-electron chi connectivity index (χ3n) is 3.32. The molecule has 0 heterocycles. The lowest BCUT2D eigenvalue weighted by molar-refractivity contribution is 0.392. The van der Waals surface area contributed by atoms with E-state index in [4.69, 9.17) is 11.0 Å². The van der Waals surface area contributed by atoms with Crippen LogP contribution in [0.4, 0.5) is 0 Å². The van der Waals surface area contributed by atoms with E-state index in [9.17, 15) is 8.42 Å². The van der Waals surface area contributed by atoms with Crippen molar-refractivity contribution in [2.45, 2.75) is 37.1 Å². The maximum atomic E-state index is 12.1. The van der Waals surface area contributed by atoms with Crippen molar-refractivity contribution in [1.29, 1.82) is 5.26 Å². The van der Waals surface area contributed by atoms with Gasteiger partial charge in [0.05, 0.1) is 16.5 Å². The fraction of sp³-hybridized carbons (Fsp3) is 0.462. The van der Waals surface area contributed by atoms with Gasteiger partial charge in [0, 0.05) is 12.1 Å². The Hall–Kier alpha value is -1.13. The predicted molar refractivity (Wildman–Crippen MR) is 81.1 cm³/mol. The van der Waals surface area contributed by atoms with Gasteiger partial charge in [-0.3, -0.25) is 0 Å². The zero-order chi connectivity index (χ0) is 14.5. The van der Waals surface area contributed by atoms with E-state index in [1.54, 1.807) is 0 Å². The lowest BCUT2D eigenvalue weighted by atomic mass is 9.95. The van der Waals surface area contributed by atoms with E-state index in [-0.39, 0.29) is 23.8 Å². The highest BCUT2D eigenvalue weighted by atomic mass is 35.5. The van der Waals surface area contributed by atoms with Gasteiger partial charge >= 0.3 is 0 Å². The molecule has 0 spiro atoms. The van der Waals surface area contributed by atoms with Gasteiger partial charge in [0.25, 0.3) is 0 Å². The van der Waals surface area contributed by atoms with Crippen LogP contribution in [-0.4, -0.2) is 20.5 Å². The van der Waals surface area contributed by atoms with E-state index in [0.717, 1.165) is 0 Å². The molecule has 112 valence electrons. The van der Waals surface area contributed by atoms with Crippen LogP contribution in [0, 0.1) is 11.3 Å². The number of halogens is 1. The molecule has 1 aromatic rings. The number of rotatable bonds is 6. The number of hydrogen-bond donors (Lipinski definition) is 2. The molecule has 1 aromatic carbocycles. The van der Waals surface area contributed by atoms with Gasteiger partial charge in [0.2, 0.25) is 10.0 Å². The first kappa shape index (κ1) is 18.9.